The molecule has 1 fully saturated rings. The minimum Gasteiger partial charge on any atom is -0.478 e. The summed E-state index contributed by atoms with van der Waals surface area (Å²) in [6.45, 7) is 2.76. The molecule has 1 aromatic rings. The maximum absolute atomic E-state index is 13.7. The van der Waals surface area contributed by atoms with Crippen molar-refractivity contribution in [3.05, 3.63) is 33.6 Å². The first-order chi connectivity index (χ1) is 9.82. The summed E-state index contributed by atoms with van der Waals surface area (Å²) in [5, 5.41) is 22.6. The van der Waals surface area contributed by atoms with E-state index in [1.807, 2.05) is 6.92 Å². The number of benzene rings is 1. The van der Waals surface area contributed by atoms with E-state index in [2.05, 4.69) is 5.32 Å². The second kappa shape index (κ2) is 5.65. The number of anilines is 1. The number of nitrogens with zero attached hydrogens (tertiary/aromatic N) is 1. The molecule has 1 aliphatic rings. The summed E-state index contributed by atoms with van der Waals surface area (Å²) >= 11 is 0. The Kier molecular flexibility index (Phi) is 4.08. The van der Waals surface area contributed by atoms with Gasteiger partial charge in [-0.1, -0.05) is 0 Å². The Labute approximate surface area is 119 Å². The molecule has 1 unspecified atom stereocenters. The molecular formula is C13H15FN2O5. The lowest BCUT2D eigenvalue weighted by atomic mass is 10.0. The molecular weight excluding hydrogens is 283 g/mol. The molecule has 1 saturated heterocycles. The van der Waals surface area contributed by atoms with Crippen LogP contribution in [0.2, 0.25) is 0 Å². The Bertz CT molecular complexity index is 584. The van der Waals surface area contributed by atoms with Crippen LogP contribution in [0.15, 0.2) is 12.1 Å². The van der Waals surface area contributed by atoms with Gasteiger partial charge in [-0.2, -0.15) is 0 Å². The van der Waals surface area contributed by atoms with E-state index in [0.717, 1.165) is 25.0 Å². The van der Waals surface area contributed by atoms with Crippen molar-refractivity contribution in [3.8, 4) is 0 Å². The molecule has 0 saturated carbocycles. The minimum atomic E-state index is -1.55. The average Bonchev–Trinajstić information content (AvgIpc) is 2.83. The minimum absolute atomic E-state index is 0.0563. The van der Waals surface area contributed by atoms with Crippen molar-refractivity contribution >= 4 is 17.3 Å². The number of carbonyl (C=O) groups is 1. The van der Waals surface area contributed by atoms with Gasteiger partial charge in [-0.3, -0.25) is 10.1 Å². The number of hydrogen-bond acceptors (Lipinski definition) is 5. The number of nitro groups is 1. The highest BCUT2D eigenvalue weighted by Crippen LogP contribution is 2.30. The zero-order valence-electron chi connectivity index (χ0n) is 11.4. The van der Waals surface area contributed by atoms with Crippen LogP contribution in [0.4, 0.5) is 15.8 Å². The Morgan fingerprint density at radius 1 is 1.62 bits per heavy atom. The SMILES string of the molecule is CC1(CNc2cc(F)c(C(=O)O)cc2[N+](=O)[O-])CCCO1. The smallest absolute Gasteiger partial charge is 0.338 e. The summed E-state index contributed by atoms with van der Waals surface area (Å²) in [5.74, 6) is -2.57. The third kappa shape index (κ3) is 3.27. The Balaban J connectivity index is 2.27. The molecule has 0 bridgehead atoms. The molecule has 0 spiro atoms. The third-order valence-electron chi connectivity index (χ3n) is 3.47. The second-order valence-electron chi connectivity index (χ2n) is 5.17. The molecule has 1 atom stereocenters. The molecule has 0 amide bonds. The number of aromatic carboxylic acids is 1. The summed E-state index contributed by atoms with van der Waals surface area (Å²) in [6, 6.07) is 1.55. The number of carboxylic acid groups (broad SMARTS) is 1. The van der Waals surface area contributed by atoms with Crippen LogP contribution in [0.3, 0.4) is 0 Å². The van der Waals surface area contributed by atoms with Crippen LogP contribution in [0.5, 0.6) is 0 Å². The van der Waals surface area contributed by atoms with Crippen molar-refractivity contribution in [2.45, 2.75) is 25.4 Å². The van der Waals surface area contributed by atoms with Crippen molar-refractivity contribution in [3.63, 3.8) is 0 Å². The van der Waals surface area contributed by atoms with Gasteiger partial charge in [0.2, 0.25) is 0 Å². The molecule has 0 aromatic heterocycles. The van der Waals surface area contributed by atoms with E-state index < -0.39 is 33.6 Å². The predicted molar refractivity (Wildman–Crippen MR) is 72.1 cm³/mol. The van der Waals surface area contributed by atoms with Gasteiger partial charge in [-0.05, 0) is 19.8 Å². The fourth-order valence-electron chi connectivity index (χ4n) is 2.28. The van der Waals surface area contributed by atoms with E-state index in [0.29, 0.717) is 6.61 Å². The number of nitrogens with one attached hydrogen (secondary N) is 1. The predicted octanol–water partition coefficient (Wildman–Crippen LogP) is 2.41. The topological polar surface area (TPSA) is 102 Å². The van der Waals surface area contributed by atoms with E-state index >= 15 is 0 Å². The lowest BCUT2D eigenvalue weighted by molar-refractivity contribution is -0.384. The Morgan fingerprint density at radius 2 is 2.33 bits per heavy atom. The van der Waals surface area contributed by atoms with Gasteiger partial charge in [-0.25, -0.2) is 9.18 Å². The summed E-state index contributed by atoms with van der Waals surface area (Å²) in [5.41, 5.74) is -1.72. The zero-order chi connectivity index (χ0) is 15.6. The zero-order valence-corrected chi connectivity index (χ0v) is 11.4. The number of halogens is 1. The van der Waals surface area contributed by atoms with Crippen LogP contribution >= 0.6 is 0 Å². The molecule has 8 heteroatoms. The van der Waals surface area contributed by atoms with Gasteiger partial charge in [0.15, 0.2) is 0 Å². The largest absolute Gasteiger partial charge is 0.478 e. The maximum atomic E-state index is 13.7. The summed E-state index contributed by atoms with van der Waals surface area (Å²) in [7, 11) is 0. The van der Waals surface area contributed by atoms with Crippen LogP contribution in [-0.4, -0.2) is 34.8 Å². The van der Waals surface area contributed by atoms with Gasteiger partial charge in [0, 0.05) is 25.3 Å². The highest BCUT2D eigenvalue weighted by atomic mass is 19.1. The van der Waals surface area contributed by atoms with Crippen LogP contribution < -0.4 is 5.32 Å². The van der Waals surface area contributed by atoms with Crippen LogP contribution in [0.1, 0.15) is 30.1 Å². The molecule has 2 N–H and O–H groups in total. The average molecular weight is 298 g/mol. The standard InChI is InChI=1S/C13H15FN2O5/c1-13(3-2-4-21-13)7-15-10-6-9(14)8(12(17)18)5-11(10)16(19)20/h5-6,15H,2-4,7H2,1H3,(H,17,18). The van der Waals surface area contributed by atoms with E-state index in [4.69, 9.17) is 9.84 Å². The molecule has 1 heterocycles. The van der Waals surface area contributed by atoms with E-state index in [1.54, 1.807) is 0 Å². The van der Waals surface area contributed by atoms with Crippen molar-refractivity contribution in [2.75, 3.05) is 18.5 Å². The fraction of sp³-hybridized carbons (Fsp3) is 0.462. The molecule has 21 heavy (non-hydrogen) atoms. The number of hydrogen-bond donors (Lipinski definition) is 2. The normalized spacial score (nSPS) is 21.2. The summed E-state index contributed by atoms with van der Waals surface area (Å²) < 4.78 is 19.2. The first kappa shape index (κ1) is 15.2. The third-order valence-corrected chi connectivity index (χ3v) is 3.47. The van der Waals surface area contributed by atoms with Crippen molar-refractivity contribution in [1.82, 2.24) is 0 Å². The summed E-state index contributed by atoms with van der Waals surface area (Å²) in [6.07, 6.45) is 1.69. The monoisotopic (exact) mass is 298 g/mol. The van der Waals surface area contributed by atoms with E-state index in [9.17, 15) is 19.3 Å². The maximum Gasteiger partial charge on any atom is 0.338 e. The van der Waals surface area contributed by atoms with Crippen LogP contribution in [-0.2, 0) is 4.74 Å². The lowest BCUT2D eigenvalue weighted by Gasteiger charge is -2.24. The van der Waals surface area contributed by atoms with Gasteiger partial charge in [0.05, 0.1) is 10.5 Å². The van der Waals surface area contributed by atoms with Crippen molar-refractivity contribution in [1.29, 1.82) is 0 Å². The first-order valence-electron chi connectivity index (χ1n) is 6.41. The highest BCUT2D eigenvalue weighted by Gasteiger charge is 2.31. The van der Waals surface area contributed by atoms with Crippen molar-refractivity contribution in [2.24, 2.45) is 0 Å². The van der Waals surface area contributed by atoms with Gasteiger partial charge in [0.25, 0.3) is 5.69 Å². The van der Waals surface area contributed by atoms with E-state index in [1.165, 1.54) is 0 Å². The Morgan fingerprint density at radius 3 is 2.86 bits per heavy atom. The molecule has 0 radical (unpaired) electrons. The van der Waals surface area contributed by atoms with Crippen LogP contribution in [0.25, 0.3) is 0 Å². The number of ether oxygens (including phenoxy) is 1. The quantitative estimate of drug-likeness (QED) is 0.639. The van der Waals surface area contributed by atoms with Crippen LogP contribution in [0, 0.1) is 15.9 Å². The number of rotatable bonds is 5. The van der Waals surface area contributed by atoms with Gasteiger partial charge < -0.3 is 15.2 Å². The molecule has 0 aliphatic carbocycles. The van der Waals surface area contributed by atoms with Gasteiger partial charge >= 0.3 is 5.97 Å². The molecule has 1 aromatic carbocycles. The van der Waals surface area contributed by atoms with Crippen molar-refractivity contribution < 1.29 is 24.0 Å². The highest BCUT2D eigenvalue weighted by molar-refractivity contribution is 5.90. The van der Waals surface area contributed by atoms with Gasteiger partial charge in [-0.15, -0.1) is 0 Å². The van der Waals surface area contributed by atoms with E-state index in [-0.39, 0.29) is 12.2 Å². The molecule has 1 aliphatic heterocycles. The molecule has 114 valence electrons. The molecule has 7 nitrogen and oxygen atoms in total. The number of carboxylic acids is 1. The van der Waals surface area contributed by atoms with Gasteiger partial charge in [0.1, 0.15) is 17.1 Å². The molecule has 2 rings (SSSR count). The number of nitro benzene ring substituents is 1. The fourth-order valence-corrected chi connectivity index (χ4v) is 2.28. The second-order valence-corrected chi connectivity index (χ2v) is 5.17. The Hall–Kier alpha value is -2.22. The summed E-state index contributed by atoms with van der Waals surface area (Å²) in [4.78, 5) is 21.1. The first-order valence-corrected chi connectivity index (χ1v) is 6.41. The lowest BCUT2D eigenvalue weighted by Crippen LogP contribution is -2.32.